The number of aryl methyl sites for hydroxylation is 1. The molecule has 29 heavy (non-hydrogen) atoms. The van der Waals surface area contributed by atoms with Crippen molar-refractivity contribution in [1.82, 2.24) is 15.1 Å². The summed E-state index contributed by atoms with van der Waals surface area (Å²) < 4.78 is 10.2. The van der Waals surface area contributed by atoms with Crippen LogP contribution in [0.4, 0.5) is 5.69 Å². The van der Waals surface area contributed by atoms with E-state index in [1.54, 1.807) is 59.9 Å². The van der Waals surface area contributed by atoms with Crippen molar-refractivity contribution >= 4 is 22.9 Å². The lowest BCUT2D eigenvalue weighted by atomic mass is 10.1. The van der Waals surface area contributed by atoms with E-state index in [1.807, 2.05) is 12.3 Å². The number of benzene rings is 2. The smallest absolute Gasteiger partial charge is 0.439 e. The largest absolute Gasteiger partial charge is 0.487 e. The van der Waals surface area contributed by atoms with Crippen LogP contribution in [0.25, 0.3) is 11.4 Å². The topological polar surface area (TPSA) is 110 Å². The van der Waals surface area contributed by atoms with Crippen LogP contribution < -0.4 is 15.8 Å². The zero-order valence-corrected chi connectivity index (χ0v) is 16.2. The quantitative estimate of drug-likeness (QED) is 0.504. The van der Waals surface area contributed by atoms with Crippen molar-refractivity contribution in [3.8, 4) is 17.1 Å². The van der Waals surface area contributed by atoms with Crippen LogP contribution in [0.5, 0.6) is 5.75 Å². The van der Waals surface area contributed by atoms with E-state index >= 15 is 0 Å². The van der Waals surface area contributed by atoms with Crippen molar-refractivity contribution in [3.63, 3.8) is 0 Å². The molecule has 146 valence electrons. The Bertz CT molecular complexity index is 1190. The second kappa shape index (κ2) is 8.11. The molecule has 9 heteroatoms. The lowest BCUT2D eigenvalue weighted by Crippen LogP contribution is -2.11. The van der Waals surface area contributed by atoms with Crippen LogP contribution in [0, 0.1) is 6.92 Å². The number of thiazole rings is 1. The van der Waals surface area contributed by atoms with E-state index in [1.165, 1.54) is 0 Å². The predicted molar refractivity (Wildman–Crippen MR) is 108 cm³/mol. The van der Waals surface area contributed by atoms with Crippen LogP contribution in [-0.4, -0.2) is 21.0 Å². The highest BCUT2D eigenvalue weighted by Gasteiger charge is 2.09. The molecule has 0 aliphatic rings. The Hall–Kier alpha value is -3.72. The number of hydrogen-bond acceptors (Lipinski definition) is 7. The van der Waals surface area contributed by atoms with Crippen molar-refractivity contribution in [2.75, 3.05) is 5.32 Å². The first kappa shape index (κ1) is 18.6. The number of hydrogen-bond donors (Lipinski definition) is 2. The number of carbonyl (C=O) groups is 1. The van der Waals surface area contributed by atoms with Crippen molar-refractivity contribution in [2.45, 2.75) is 13.5 Å². The number of rotatable bonds is 6. The Morgan fingerprint density at radius 3 is 2.76 bits per heavy atom. The number of carbonyl (C=O) groups excluding carboxylic acids is 1. The lowest BCUT2D eigenvalue weighted by Gasteiger charge is -2.08. The molecule has 4 rings (SSSR count). The minimum absolute atomic E-state index is 0.266. The lowest BCUT2D eigenvalue weighted by molar-refractivity contribution is 0.102. The minimum atomic E-state index is -0.637. The summed E-state index contributed by atoms with van der Waals surface area (Å²) in [7, 11) is 0. The van der Waals surface area contributed by atoms with Crippen LogP contribution in [0.1, 0.15) is 21.1 Å². The molecule has 2 N–H and O–H groups in total. The summed E-state index contributed by atoms with van der Waals surface area (Å²) in [6.07, 6.45) is 0. The van der Waals surface area contributed by atoms with Gasteiger partial charge in [-0.15, -0.1) is 11.3 Å². The summed E-state index contributed by atoms with van der Waals surface area (Å²) in [4.78, 5) is 30.4. The number of aromatic nitrogens is 3. The summed E-state index contributed by atoms with van der Waals surface area (Å²) in [5, 5.41) is 9.41. The highest BCUT2D eigenvalue weighted by atomic mass is 32.1. The summed E-state index contributed by atoms with van der Waals surface area (Å²) in [5.41, 5.74) is 2.55. The van der Waals surface area contributed by atoms with E-state index in [0.717, 1.165) is 10.7 Å². The first-order valence-electron chi connectivity index (χ1n) is 8.68. The van der Waals surface area contributed by atoms with Gasteiger partial charge in [-0.2, -0.15) is 0 Å². The Morgan fingerprint density at radius 2 is 2.07 bits per heavy atom. The second-order valence-corrected chi connectivity index (χ2v) is 7.21. The minimum Gasteiger partial charge on any atom is -0.487 e. The van der Waals surface area contributed by atoms with Crippen LogP contribution >= 0.6 is 11.3 Å². The molecule has 0 saturated carbocycles. The highest BCUT2D eigenvalue weighted by molar-refractivity contribution is 7.09. The molecule has 0 aliphatic carbocycles. The zero-order valence-electron chi connectivity index (χ0n) is 15.3. The SMILES string of the molecule is Cc1nc(COc2ccc(C(=O)Nc3cccc(-c4noc(=O)[nH]4)c3)cc2)cs1. The maximum absolute atomic E-state index is 12.5. The third-order valence-corrected chi connectivity index (χ3v) is 4.83. The van der Waals surface area contributed by atoms with Crippen LogP contribution in [0.15, 0.2) is 63.2 Å². The molecule has 0 spiro atoms. The molecule has 2 aromatic carbocycles. The van der Waals surface area contributed by atoms with E-state index in [-0.39, 0.29) is 5.91 Å². The molecule has 8 nitrogen and oxygen atoms in total. The number of aromatic amines is 1. The molecule has 1 amide bonds. The molecule has 0 fully saturated rings. The predicted octanol–water partition coefficient (Wildman–Crippen LogP) is 3.63. The summed E-state index contributed by atoms with van der Waals surface area (Å²) >= 11 is 1.58. The van der Waals surface area contributed by atoms with Gasteiger partial charge in [0, 0.05) is 22.2 Å². The molecular formula is C20H16N4O4S. The van der Waals surface area contributed by atoms with E-state index < -0.39 is 5.76 Å². The first-order chi connectivity index (χ1) is 14.1. The molecule has 0 radical (unpaired) electrons. The number of anilines is 1. The zero-order chi connectivity index (χ0) is 20.2. The maximum Gasteiger partial charge on any atom is 0.439 e. The van der Waals surface area contributed by atoms with Gasteiger partial charge >= 0.3 is 5.76 Å². The number of H-pyrrole nitrogens is 1. The Morgan fingerprint density at radius 1 is 1.24 bits per heavy atom. The molecule has 2 heterocycles. The van der Waals surface area contributed by atoms with E-state index in [0.29, 0.717) is 35.0 Å². The van der Waals surface area contributed by atoms with E-state index in [9.17, 15) is 9.59 Å². The van der Waals surface area contributed by atoms with E-state index in [2.05, 4.69) is 25.0 Å². The summed E-state index contributed by atoms with van der Waals surface area (Å²) in [5.74, 6) is 0.0474. The van der Waals surface area contributed by atoms with Gasteiger partial charge in [0.25, 0.3) is 5.91 Å². The van der Waals surface area contributed by atoms with Gasteiger partial charge in [0.05, 0.1) is 10.7 Å². The van der Waals surface area contributed by atoms with Gasteiger partial charge in [0.1, 0.15) is 12.4 Å². The average molecular weight is 408 g/mol. The van der Waals surface area contributed by atoms with Crippen LogP contribution in [0.3, 0.4) is 0 Å². The van der Waals surface area contributed by atoms with Gasteiger partial charge < -0.3 is 10.1 Å². The second-order valence-electron chi connectivity index (χ2n) is 6.15. The fraction of sp³-hybridized carbons (Fsp3) is 0.100. The van der Waals surface area contributed by atoms with Crippen LogP contribution in [0.2, 0.25) is 0 Å². The number of amides is 1. The monoisotopic (exact) mass is 408 g/mol. The molecule has 0 saturated heterocycles. The Balaban J connectivity index is 1.40. The van der Waals surface area contributed by atoms with E-state index in [4.69, 9.17) is 4.74 Å². The molecule has 0 aliphatic heterocycles. The molecule has 0 atom stereocenters. The van der Waals surface area contributed by atoms with Crippen molar-refractivity contribution in [3.05, 3.63) is 80.7 Å². The molecule has 0 unspecified atom stereocenters. The van der Waals surface area contributed by atoms with Crippen molar-refractivity contribution in [1.29, 1.82) is 0 Å². The maximum atomic E-state index is 12.5. The number of ether oxygens (including phenoxy) is 1. The third-order valence-electron chi connectivity index (χ3n) is 4.00. The van der Waals surface area contributed by atoms with Gasteiger partial charge in [-0.1, -0.05) is 17.3 Å². The van der Waals surface area contributed by atoms with Gasteiger partial charge in [-0.05, 0) is 43.3 Å². The molecule has 0 bridgehead atoms. The van der Waals surface area contributed by atoms with Crippen molar-refractivity contribution in [2.24, 2.45) is 0 Å². The Kier molecular flexibility index (Phi) is 5.21. The normalized spacial score (nSPS) is 10.7. The third kappa shape index (κ3) is 4.58. The standard InChI is InChI=1S/C20H16N4O4S/c1-12-21-16(11-29-12)10-27-17-7-5-13(6-8-17)19(25)22-15-4-2-3-14(9-15)18-23-20(26)28-24-18/h2-9,11H,10H2,1H3,(H,22,25)(H,23,24,26). The summed E-state index contributed by atoms with van der Waals surface area (Å²) in [6, 6.07) is 13.8. The average Bonchev–Trinajstić information content (AvgIpc) is 3.35. The van der Waals surface area contributed by atoms with Gasteiger partial charge in [0.2, 0.25) is 0 Å². The van der Waals surface area contributed by atoms with Gasteiger partial charge in [-0.25, -0.2) is 9.78 Å². The van der Waals surface area contributed by atoms with Gasteiger partial charge in [0.15, 0.2) is 5.82 Å². The van der Waals surface area contributed by atoms with Crippen molar-refractivity contribution < 1.29 is 14.1 Å². The fourth-order valence-corrected chi connectivity index (χ4v) is 3.23. The van der Waals surface area contributed by atoms with Crippen LogP contribution in [-0.2, 0) is 6.61 Å². The molecule has 2 aromatic heterocycles. The Labute approximate surface area is 169 Å². The molecular weight excluding hydrogens is 392 g/mol. The first-order valence-corrected chi connectivity index (χ1v) is 9.56. The number of nitrogens with one attached hydrogen (secondary N) is 2. The fourth-order valence-electron chi connectivity index (χ4n) is 2.64. The highest BCUT2D eigenvalue weighted by Crippen LogP contribution is 2.20. The summed E-state index contributed by atoms with van der Waals surface area (Å²) in [6.45, 7) is 2.33. The molecule has 4 aromatic rings. The van der Waals surface area contributed by atoms with Gasteiger partial charge in [-0.3, -0.25) is 14.3 Å². The number of nitrogens with zero attached hydrogens (tertiary/aromatic N) is 2.